The largest absolute Gasteiger partial charge is 0.462 e. The average molecular weight is 752 g/mol. The fourth-order valence-corrected chi connectivity index (χ4v) is 11.9. The number of hydrogen-bond acceptors (Lipinski definition) is 4. The second kappa shape index (κ2) is 23.0. The van der Waals surface area contributed by atoms with Crippen LogP contribution in [-0.4, -0.2) is 35.7 Å². The molecule has 4 rings (SSSR count). The van der Waals surface area contributed by atoms with Crippen molar-refractivity contribution in [1.29, 1.82) is 0 Å². The summed E-state index contributed by atoms with van der Waals surface area (Å²) in [5.41, 5.74) is 2.28. The highest BCUT2D eigenvalue weighted by molar-refractivity contribution is 5.81. The molecule has 4 aliphatic rings. The number of fused-ring (bicyclic) bond motifs is 5. The Morgan fingerprint density at radius 1 is 0.852 bits per heavy atom. The van der Waals surface area contributed by atoms with Gasteiger partial charge in [0, 0.05) is 19.4 Å². The number of amides is 1. The van der Waals surface area contributed by atoms with Gasteiger partial charge in [-0.05, 0) is 111 Å². The van der Waals surface area contributed by atoms with E-state index in [1.54, 1.807) is 0 Å². The van der Waals surface area contributed by atoms with Crippen LogP contribution in [0.4, 0.5) is 0 Å². The quantitative estimate of drug-likeness (QED) is 0.0553. The molecule has 0 aliphatic heterocycles. The number of aliphatic hydroxyl groups excluding tert-OH is 1. The third kappa shape index (κ3) is 13.2. The first-order chi connectivity index (χ1) is 26.0. The lowest BCUT2D eigenvalue weighted by molar-refractivity contribution is -0.152. The van der Waals surface area contributed by atoms with Gasteiger partial charge in [-0.1, -0.05) is 149 Å². The van der Waals surface area contributed by atoms with Gasteiger partial charge >= 0.3 is 5.97 Å². The zero-order valence-electron chi connectivity index (χ0n) is 36.1. The third-order valence-electron chi connectivity index (χ3n) is 15.2. The van der Waals surface area contributed by atoms with E-state index in [2.05, 4.69) is 59.0 Å². The van der Waals surface area contributed by atoms with Crippen LogP contribution in [0.15, 0.2) is 23.8 Å². The Kier molecular flexibility index (Phi) is 19.2. The highest BCUT2D eigenvalue weighted by Gasteiger charge is 2.59. The van der Waals surface area contributed by atoms with E-state index in [0.29, 0.717) is 18.4 Å². The van der Waals surface area contributed by atoms with Gasteiger partial charge in [0.15, 0.2) is 0 Å². The lowest BCUT2D eigenvalue weighted by Crippen LogP contribution is -2.51. The molecule has 3 fully saturated rings. The van der Waals surface area contributed by atoms with E-state index in [9.17, 15) is 14.7 Å². The molecule has 2 N–H and O–H groups in total. The molecule has 54 heavy (non-hydrogen) atoms. The summed E-state index contributed by atoms with van der Waals surface area (Å²) in [6.45, 7) is 15.2. The molecular formula is C49H85NO4. The number of unbranched alkanes of at least 4 members (excludes halogenated alkanes) is 11. The van der Waals surface area contributed by atoms with E-state index in [1.807, 2.05) is 6.08 Å². The topological polar surface area (TPSA) is 75.6 Å². The maximum atomic E-state index is 12.8. The van der Waals surface area contributed by atoms with Crippen LogP contribution in [0.1, 0.15) is 208 Å². The van der Waals surface area contributed by atoms with E-state index >= 15 is 0 Å². The number of esters is 1. The first-order valence-electron chi connectivity index (χ1n) is 23.5. The van der Waals surface area contributed by atoms with Crippen molar-refractivity contribution in [3.8, 4) is 0 Å². The summed E-state index contributed by atoms with van der Waals surface area (Å²) in [7, 11) is 0. The van der Waals surface area contributed by atoms with Crippen LogP contribution in [0, 0.1) is 46.3 Å². The standard InChI is InChI=1S/C49H85NO4/c1-7-8-9-10-11-12-13-14-15-16-17-18-19-23-40(51)32-35-50-46(52)28-29-47(53)54-41-30-33-48(5)39(36-41)24-25-42-44-27-26-43(38(4)22-20-21-37(2)3)49(44,6)34-31-45(42)48/h19,23-24,37-38,40-45,51H,7-18,20-22,25-36H2,1-6H3,(H,50,52)/t38-,40?,41?,42?,43-,44?,45?,48+,49-/m1/s1. The molecule has 0 radical (unpaired) electrons. The average Bonchev–Trinajstić information content (AvgIpc) is 3.50. The molecule has 4 aliphatic carbocycles. The van der Waals surface area contributed by atoms with Crippen molar-refractivity contribution in [2.24, 2.45) is 46.3 Å². The fraction of sp³-hybridized carbons (Fsp3) is 0.878. The van der Waals surface area contributed by atoms with E-state index in [4.69, 9.17) is 4.74 Å². The molecule has 3 saturated carbocycles. The number of aliphatic hydroxyl groups is 1. The Morgan fingerprint density at radius 2 is 1.56 bits per heavy atom. The van der Waals surface area contributed by atoms with E-state index in [-0.39, 0.29) is 36.2 Å². The molecule has 0 bridgehead atoms. The molecule has 0 heterocycles. The lowest BCUT2D eigenvalue weighted by Gasteiger charge is -2.58. The van der Waals surface area contributed by atoms with Crippen molar-refractivity contribution >= 4 is 11.9 Å². The Balaban J connectivity index is 1.08. The maximum absolute atomic E-state index is 12.8. The number of hydrogen-bond donors (Lipinski definition) is 2. The van der Waals surface area contributed by atoms with Crippen molar-refractivity contribution in [3.05, 3.63) is 23.8 Å². The highest BCUT2D eigenvalue weighted by Crippen LogP contribution is 2.67. The smallest absolute Gasteiger partial charge is 0.306 e. The summed E-state index contributed by atoms with van der Waals surface area (Å²) >= 11 is 0. The predicted octanol–water partition coefficient (Wildman–Crippen LogP) is 12.8. The minimum absolute atomic E-state index is 0.0696. The molecule has 0 aromatic rings. The summed E-state index contributed by atoms with van der Waals surface area (Å²) < 4.78 is 5.99. The van der Waals surface area contributed by atoms with Crippen molar-refractivity contribution < 1.29 is 19.4 Å². The highest BCUT2D eigenvalue weighted by atomic mass is 16.5. The molecule has 0 spiro atoms. The molecule has 1 amide bonds. The summed E-state index contributed by atoms with van der Waals surface area (Å²) in [6, 6.07) is 0. The van der Waals surface area contributed by atoms with E-state index in [1.165, 1.54) is 128 Å². The Hall–Kier alpha value is -1.62. The van der Waals surface area contributed by atoms with Crippen LogP contribution < -0.4 is 5.32 Å². The minimum atomic E-state index is -0.550. The van der Waals surface area contributed by atoms with Crippen molar-refractivity contribution in [1.82, 2.24) is 5.32 Å². The second-order valence-corrected chi connectivity index (χ2v) is 19.6. The molecule has 0 aromatic heterocycles. The molecule has 5 heteroatoms. The van der Waals surface area contributed by atoms with Gasteiger partial charge < -0.3 is 15.2 Å². The molecule has 310 valence electrons. The molecule has 5 nitrogen and oxygen atoms in total. The normalized spacial score (nSPS) is 30.4. The first-order valence-corrected chi connectivity index (χ1v) is 23.5. The van der Waals surface area contributed by atoms with Crippen LogP contribution in [0.5, 0.6) is 0 Å². The van der Waals surface area contributed by atoms with Gasteiger partial charge in [-0.3, -0.25) is 9.59 Å². The summed E-state index contributed by atoms with van der Waals surface area (Å²) in [6.07, 6.45) is 36.2. The fourth-order valence-electron chi connectivity index (χ4n) is 11.9. The number of carbonyl (C=O) groups excluding carboxylic acids is 2. The maximum Gasteiger partial charge on any atom is 0.306 e. The van der Waals surface area contributed by atoms with Gasteiger partial charge in [0.1, 0.15) is 6.10 Å². The van der Waals surface area contributed by atoms with E-state index < -0.39 is 6.10 Å². The summed E-state index contributed by atoms with van der Waals surface area (Å²) in [5, 5.41) is 13.2. The SMILES string of the molecule is CCCCCCCCCCCCCC=CC(O)CCNC(=O)CCC(=O)OC1CC[C@@]2(C)C(=CCC3C2CC[C@@]2(C)C3CC[C@@H]2[C@H](C)CCCC(C)C)C1. The number of carbonyl (C=O) groups is 2. The Bertz CT molecular complexity index is 1180. The third-order valence-corrected chi connectivity index (χ3v) is 15.2. The van der Waals surface area contributed by atoms with Gasteiger partial charge in [-0.25, -0.2) is 0 Å². The van der Waals surface area contributed by atoms with Gasteiger partial charge in [-0.15, -0.1) is 0 Å². The first kappa shape index (κ1) is 45.1. The lowest BCUT2D eigenvalue weighted by atomic mass is 9.47. The van der Waals surface area contributed by atoms with Gasteiger partial charge in [0.05, 0.1) is 12.5 Å². The van der Waals surface area contributed by atoms with E-state index in [0.717, 1.165) is 61.2 Å². The van der Waals surface area contributed by atoms with Crippen molar-refractivity contribution in [3.63, 3.8) is 0 Å². The van der Waals surface area contributed by atoms with Crippen LogP contribution in [0.25, 0.3) is 0 Å². The number of ether oxygens (including phenoxy) is 1. The van der Waals surface area contributed by atoms with Crippen molar-refractivity contribution in [2.75, 3.05) is 6.54 Å². The van der Waals surface area contributed by atoms with Crippen LogP contribution in [-0.2, 0) is 14.3 Å². The Morgan fingerprint density at radius 3 is 2.26 bits per heavy atom. The molecule has 9 atom stereocenters. The second-order valence-electron chi connectivity index (χ2n) is 19.6. The van der Waals surface area contributed by atoms with Crippen LogP contribution in [0.2, 0.25) is 0 Å². The molecular weight excluding hydrogens is 667 g/mol. The number of rotatable bonds is 25. The number of allylic oxidation sites excluding steroid dienone is 2. The molecule has 0 saturated heterocycles. The molecule has 0 aromatic carbocycles. The minimum Gasteiger partial charge on any atom is -0.462 e. The van der Waals surface area contributed by atoms with Crippen LogP contribution in [0.3, 0.4) is 0 Å². The zero-order chi connectivity index (χ0) is 39.0. The van der Waals surface area contributed by atoms with Gasteiger partial charge in [0.2, 0.25) is 5.91 Å². The Labute approximate surface area is 333 Å². The summed E-state index contributed by atoms with van der Waals surface area (Å²) in [5.74, 6) is 4.55. The molecule has 5 unspecified atom stereocenters. The van der Waals surface area contributed by atoms with Crippen molar-refractivity contribution in [2.45, 2.75) is 221 Å². The van der Waals surface area contributed by atoms with Gasteiger partial charge in [0.25, 0.3) is 0 Å². The monoisotopic (exact) mass is 752 g/mol. The number of nitrogens with one attached hydrogen (secondary N) is 1. The van der Waals surface area contributed by atoms with Gasteiger partial charge in [-0.2, -0.15) is 0 Å². The predicted molar refractivity (Wildman–Crippen MR) is 226 cm³/mol. The summed E-state index contributed by atoms with van der Waals surface area (Å²) in [4.78, 5) is 25.3. The zero-order valence-corrected chi connectivity index (χ0v) is 36.1. The van der Waals surface area contributed by atoms with Crippen LogP contribution >= 0.6 is 0 Å².